The summed E-state index contributed by atoms with van der Waals surface area (Å²) in [5.74, 6) is 0.838. The van der Waals surface area contributed by atoms with E-state index in [1.165, 1.54) is 13.3 Å². The third kappa shape index (κ3) is 3.79. The first-order chi connectivity index (χ1) is 10.1. The molecule has 2 aromatic rings. The molecular formula is C15H14N2O4. The number of aromatic nitrogens is 1. The molecule has 0 atom stereocenters. The maximum atomic E-state index is 10.9. The van der Waals surface area contributed by atoms with Crippen molar-refractivity contribution in [2.75, 3.05) is 7.11 Å². The van der Waals surface area contributed by atoms with Crippen LogP contribution in [0.1, 0.15) is 15.9 Å². The largest absolute Gasteiger partial charge is 0.493 e. The van der Waals surface area contributed by atoms with Gasteiger partial charge in [0.25, 0.3) is 0 Å². The minimum atomic E-state index is -0.420. The maximum absolute atomic E-state index is 10.9. The highest BCUT2D eigenvalue weighted by Crippen LogP contribution is 2.31. The Kier molecular flexibility index (Phi) is 4.50. The molecule has 0 bridgehead atoms. The van der Waals surface area contributed by atoms with Gasteiger partial charge in [0, 0.05) is 17.8 Å². The van der Waals surface area contributed by atoms with E-state index in [0.29, 0.717) is 29.2 Å². The summed E-state index contributed by atoms with van der Waals surface area (Å²) in [7, 11) is 1.50. The lowest BCUT2D eigenvalue weighted by molar-refractivity contribution is -0.117. The zero-order valence-electron chi connectivity index (χ0n) is 11.4. The first kappa shape index (κ1) is 14.5. The molecule has 6 heteroatoms. The van der Waals surface area contributed by atoms with Crippen LogP contribution in [0.5, 0.6) is 17.4 Å². The summed E-state index contributed by atoms with van der Waals surface area (Å²) in [4.78, 5) is 25.5. The standard InChI is InChI=1S/C15H14N2O4/c1-20-13-6-10(7-14(16)19)2-4-12(13)21-15-5-3-11(9-18)8-17-15/h2-6,8-9H,7H2,1H3,(H2,16,19). The van der Waals surface area contributed by atoms with Gasteiger partial charge >= 0.3 is 0 Å². The fourth-order valence-electron chi connectivity index (χ4n) is 1.74. The van der Waals surface area contributed by atoms with Crippen molar-refractivity contribution in [1.29, 1.82) is 0 Å². The van der Waals surface area contributed by atoms with E-state index in [2.05, 4.69) is 4.98 Å². The summed E-state index contributed by atoms with van der Waals surface area (Å²) < 4.78 is 10.8. The molecule has 0 fully saturated rings. The SMILES string of the molecule is COc1cc(CC(N)=O)ccc1Oc1ccc(C=O)cn1. The number of hydrogen-bond donors (Lipinski definition) is 1. The first-order valence-electron chi connectivity index (χ1n) is 6.16. The molecule has 1 heterocycles. The molecule has 2 N–H and O–H groups in total. The number of benzene rings is 1. The zero-order valence-corrected chi connectivity index (χ0v) is 11.4. The molecule has 0 aliphatic rings. The monoisotopic (exact) mass is 286 g/mol. The van der Waals surface area contributed by atoms with Gasteiger partial charge in [-0.2, -0.15) is 0 Å². The lowest BCUT2D eigenvalue weighted by atomic mass is 10.1. The van der Waals surface area contributed by atoms with Crippen LogP contribution in [-0.2, 0) is 11.2 Å². The number of hydrogen-bond acceptors (Lipinski definition) is 5. The second-order valence-corrected chi connectivity index (χ2v) is 4.28. The fourth-order valence-corrected chi connectivity index (χ4v) is 1.74. The Balaban J connectivity index is 2.22. The van der Waals surface area contributed by atoms with E-state index in [9.17, 15) is 9.59 Å². The topological polar surface area (TPSA) is 91.5 Å². The number of methoxy groups -OCH3 is 1. The molecule has 21 heavy (non-hydrogen) atoms. The van der Waals surface area contributed by atoms with Crippen molar-refractivity contribution in [2.24, 2.45) is 5.73 Å². The van der Waals surface area contributed by atoms with E-state index in [-0.39, 0.29) is 6.42 Å². The number of rotatable bonds is 6. The van der Waals surface area contributed by atoms with E-state index in [0.717, 1.165) is 5.56 Å². The highest BCUT2D eigenvalue weighted by Gasteiger charge is 2.09. The molecule has 108 valence electrons. The Hall–Kier alpha value is -2.89. The van der Waals surface area contributed by atoms with Crippen LogP contribution in [0.15, 0.2) is 36.5 Å². The first-order valence-corrected chi connectivity index (χ1v) is 6.16. The number of nitrogens with two attached hydrogens (primary N) is 1. The molecule has 0 aliphatic heterocycles. The molecule has 6 nitrogen and oxygen atoms in total. The van der Waals surface area contributed by atoms with Crippen LogP contribution >= 0.6 is 0 Å². The van der Waals surface area contributed by atoms with Gasteiger partial charge in [0.15, 0.2) is 17.8 Å². The van der Waals surface area contributed by atoms with Crippen LogP contribution in [0.4, 0.5) is 0 Å². The summed E-state index contributed by atoms with van der Waals surface area (Å²) in [6.07, 6.45) is 2.25. The second kappa shape index (κ2) is 6.51. The number of nitrogens with zero attached hydrogens (tertiary/aromatic N) is 1. The van der Waals surface area contributed by atoms with Gasteiger partial charge in [-0.3, -0.25) is 9.59 Å². The van der Waals surface area contributed by atoms with Crippen molar-refractivity contribution in [1.82, 2.24) is 4.98 Å². The maximum Gasteiger partial charge on any atom is 0.221 e. The number of ether oxygens (including phenoxy) is 2. The van der Waals surface area contributed by atoms with Crippen LogP contribution in [-0.4, -0.2) is 24.3 Å². The van der Waals surface area contributed by atoms with Gasteiger partial charge < -0.3 is 15.2 Å². The lowest BCUT2D eigenvalue weighted by Crippen LogP contribution is -2.13. The second-order valence-electron chi connectivity index (χ2n) is 4.28. The number of aldehydes is 1. The molecule has 2 rings (SSSR count). The molecule has 1 aromatic carbocycles. The molecule has 0 unspecified atom stereocenters. The summed E-state index contributed by atoms with van der Waals surface area (Å²) in [6.45, 7) is 0. The Bertz CT molecular complexity index is 653. The van der Waals surface area contributed by atoms with Gasteiger partial charge in [0.1, 0.15) is 0 Å². The van der Waals surface area contributed by atoms with Gasteiger partial charge in [0.2, 0.25) is 11.8 Å². The molecule has 0 saturated heterocycles. The highest BCUT2D eigenvalue weighted by atomic mass is 16.5. The highest BCUT2D eigenvalue weighted by molar-refractivity contribution is 5.77. The van der Waals surface area contributed by atoms with Gasteiger partial charge in [-0.1, -0.05) is 6.07 Å². The van der Waals surface area contributed by atoms with E-state index < -0.39 is 5.91 Å². The minimum Gasteiger partial charge on any atom is -0.493 e. The van der Waals surface area contributed by atoms with Crippen molar-refractivity contribution in [3.8, 4) is 17.4 Å². The smallest absolute Gasteiger partial charge is 0.221 e. The predicted molar refractivity (Wildman–Crippen MR) is 75.6 cm³/mol. The van der Waals surface area contributed by atoms with Crippen molar-refractivity contribution in [3.05, 3.63) is 47.7 Å². The minimum absolute atomic E-state index is 0.128. The quantitative estimate of drug-likeness (QED) is 0.816. The third-order valence-electron chi connectivity index (χ3n) is 2.72. The Morgan fingerprint density at radius 3 is 2.67 bits per heavy atom. The zero-order chi connectivity index (χ0) is 15.2. The number of pyridine rings is 1. The number of primary amides is 1. The van der Waals surface area contributed by atoms with Gasteiger partial charge in [-0.05, 0) is 23.8 Å². The number of carbonyl (C=O) groups is 2. The molecule has 1 amide bonds. The van der Waals surface area contributed by atoms with E-state index in [1.54, 1.807) is 30.3 Å². The average molecular weight is 286 g/mol. The summed E-state index contributed by atoms with van der Waals surface area (Å²) in [5, 5.41) is 0. The van der Waals surface area contributed by atoms with Crippen LogP contribution in [0.25, 0.3) is 0 Å². The summed E-state index contributed by atoms with van der Waals surface area (Å²) in [5.41, 5.74) is 6.35. The van der Waals surface area contributed by atoms with E-state index >= 15 is 0 Å². The van der Waals surface area contributed by atoms with Crippen LogP contribution in [0.3, 0.4) is 0 Å². The van der Waals surface area contributed by atoms with E-state index in [4.69, 9.17) is 15.2 Å². The fraction of sp³-hybridized carbons (Fsp3) is 0.133. The van der Waals surface area contributed by atoms with Crippen LogP contribution in [0, 0.1) is 0 Å². The van der Waals surface area contributed by atoms with Crippen molar-refractivity contribution in [3.63, 3.8) is 0 Å². The number of carbonyl (C=O) groups excluding carboxylic acids is 2. The van der Waals surface area contributed by atoms with Gasteiger partial charge in [-0.15, -0.1) is 0 Å². The third-order valence-corrected chi connectivity index (χ3v) is 2.72. The molecule has 0 saturated carbocycles. The molecular weight excluding hydrogens is 272 g/mol. The molecule has 0 spiro atoms. The molecule has 0 aliphatic carbocycles. The average Bonchev–Trinajstić information content (AvgIpc) is 2.49. The van der Waals surface area contributed by atoms with Gasteiger partial charge in [0.05, 0.1) is 13.5 Å². The Morgan fingerprint density at radius 1 is 1.29 bits per heavy atom. The molecule has 1 aromatic heterocycles. The molecule has 0 radical (unpaired) electrons. The van der Waals surface area contributed by atoms with Crippen molar-refractivity contribution in [2.45, 2.75) is 6.42 Å². The summed E-state index contributed by atoms with van der Waals surface area (Å²) >= 11 is 0. The van der Waals surface area contributed by atoms with Crippen LogP contribution < -0.4 is 15.2 Å². The summed E-state index contributed by atoms with van der Waals surface area (Å²) in [6, 6.07) is 8.26. The Morgan fingerprint density at radius 2 is 2.10 bits per heavy atom. The lowest BCUT2D eigenvalue weighted by Gasteiger charge is -2.11. The Labute approximate surface area is 121 Å². The van der Waals surface area contributed by atoms with Crippen molar-refractivity contribution < 1.29 is 19.1 Å². The van der Waals surface area contributed by atoms with E-state index in [1.807, 2.05) is 0 Å². The normalized spacial score (nSPS) is 9.95. The van der Waals surface area contributed by atoms with Crippen molar-refractivity contribution >= 4 is 12.2 Å². The predicted octanol–water partition coefficient (Wildman–Crippen LogP) is 1.72. The van der Waals surface area contributed by atoms with Crippen LogP contribution in [0.2, 0.25) is 0 Å². The van der Waals surface area contributed by atoms with Gasteiger partial charge in [-0.25, -0.2) is 4.98 Å². The number of amides is 1.